The number of sulfonamides is 1. The van der Waals surface area contributed by atoms with Crippen molar-refractivity contribution in [1.29, 1.82) is 0 Å². The summed E-state index contributed by atoms with van der Waals surface area (Å²) >= 11 is 5.64. The van der Waals surface area contributed by atoms with Gasteiger partial charge in [-0.2, -0.15) is 0 Å². The average molecular weight is 235 g/mol. The zero-order valence-corrected chi connectivity index (χ0v) is 9.43. The lowest BCUT2D eigenvalue weighted by Crippen LogP contribution is -2.36. The molecule has 14 heavy (non-hydrogen) atoms. The minimum atomic E-state index is -3.46. The molecule has 1 N–H and O–H groups in total. The first-order valence-electron chi connectivity index (χ1n) is 3.87. The van der Waals surface area contributed by atoms with E-state index in [1.54, 1.807) is 14.1 Å². The molecule has 0 aliphatic heterocycles. The van der Waals surface area contributed by atoms with Crippen LogP contribution in [0.15, 0.2) is 29.2 Å². The Morgan fingerprint density at radius 3 is 2.14 bits per heavy atom. The van der Waals surface area contributed by atoms with Crippen LogP contribution in [0, 0.1) is 0 Å². The van der Waals surface area contributed by atoms with E-state index in [0.29, 0.717) is 5.02 Å². The fraction of sp³-hybridized carbons (Fsp3) is 0.250. The molecule has 0 unspecified atom stereocenters. The highest BCUT2D eigenvalue weighted by Gasteiger charge is 2.13. The maximum absolute atomic E-state index is 11.6. The quantitative estimate of drug-likeness (QED) is 0.797. The summed E-state index contributed by atoms with van der Waals surface area (Å²) < 4.78 is 23.1. The van der Waals surface area contributed by atoms with Gasteiger partial charge >= 0.3 is 0 Å². The summed E-state index contributed by atoms with van der Waals surface area (Å²) in [4.78, 5) is 2.51. The van der Waals surface area contributed by atoms with E-state index in [9.17, 15) is 8.42 Å². The van der Waals surface area contributed by atoms with Gasteiger partial charge in [0, 0.05) is 19.1 Å². The Morgan fingerprint density at radius 1 is 1.21 bits per heavy atom. The number of hydrazine groups is 1. The van der Waals surface area contributed by atoms with E-state index in [2.05, 4.69) is 4.83 Å². The van der Waals surface area contributed by atoms with Crippen LogP contribution in [0.25, 0.3) is 0 Å². The van der Waals surface area contributed by atoms with Crippen molar-refractivity contribution in [2.75, 3.05) is 14.1 Å². The molecule has 0 fully saturated rings. The number of nitrogens with zero attached hydrogens (tertiary/aromatic N) is 1. The molecule has 0 atom stereocenters. The fourth-order valence-corrected chi connectivity index (χ4v) is 2.11. The predicted octanol–water partition coefficient (Wildman–Crippen LogP) is 1.09. The highest BCUT2D eigenvalue weighted by molar-refractivity contribution is 7.89. The van der Waals surface area contributed by atoms with Crippen LogP contribution in [-0.2, 0) is 10.0 Å². The summed E-state index contributed by atoms with van der Waals surface area (Å²) in [6, 6.07) is 5.97. The summed E-state index contributed by atoms with van der Waals surface area (Å²) in [6.07, 6.45) is 0. The van der Waals surface area contributed by atoms with Gasteiger partial charge < -0.3 is 0 Å². The molecular formula is C8H11ClN2O2S. The first kappa shape index (κ1) is 11.5. The Bertz CT molecular complexity index is 400. The van der Waals surface area contributed by atoms with Crippen molar-refractivity contribution in [1.82, 2.24) is 9.84 Å². The van der Waals surface area contributed by atoms with Crippen LogP contribution < -0.4 is 4.83 Å². The first-order chi connectivity index (χ1) is 6.42. The van der Waals surface area contributed by atoms with Crippen molar-refractivity contribution in [2.24, 2.45) is 0 Å². The van der Waals surface area contributed by atoms with E-state index in [1.165, 1.54) is 29.3 Å². The molecule has 0 amide bonds. The van der Waals surface area contributed by atoms with Gasteiger partial charge in [-0.25, -0.2) is 13.4 Å². The molecule has 0 saturated carbocycles. The molecule has 0 bridgehead atoms. The second-order valence-corrected chi connectivity index (χ2v) is 5.04. The predicted molar refractivity (Wildman–Crippen MR) is 55.5 cm³/mol. The van der Waals surface area contributed by atoms with E-state index in [0.717, 1.165) is 0 Å². The summed E-state index contributed by atoms with van der Waals surface area (Å²) in [5.74, 6) is 0. The third kappa shape index (κ3) is 2.95. The monoisotopic (exact) mass is 234 g/mol. The van der Waals surface area contributed by atoms with Crippen LogP contribution in [0.3, 0.4) is 0 Å². The molecule has 0 saturated heterocycles. The SMILES string of the molecule is CN(C)NS(=O)(=O)c1ccc(Cl)cc1. The van der Waals surface area contributed by atoms with Crippen LogP contribution >= 0.6 is 11.6 Å². The van der Waals surface area contributed by atoms with E-state index in [1.807, 2.05) is 0 Å². The van der Waals surface area contributed by atoms with Crippen molar-refractivity contribution >= 4 is 21.6 Å². The summed E-state index contributed by atoms with van der Waals surface area (Å²) in [5.41, 5.74) is 0. The van der Waals surface area contributed by atoms with Gasteiger partial charge in [0.15, 0.2) is 0 Å². The fourth-order valence-electron chi connectivity index (χ4n) is 0.907. The van der Waals surface area contributed by atoms with Gasteiger partial charge in [0.1, 0.15) is 0 Å². The molecule has 0 aliphatic rings. The Kier molecular flexibility index (Phi) is 3.49. The third-order valence-corrected chi connectivity index (χ3v) is 3.18. The van der Waals surface area contributed by atoms with E-state index in [4.69, 9.17) is 11.6 Å². The van der Waals surface area contributed by atoms with Crippen LogP contribution in [0.2, 0.25) is 5.02 Å². The second-order valence-electron chi connectivity index (χ2n) is 2.94. The topological polar surface area (TPSA) is 49.4 Å². The average Bonchev–Trinajstić information content (AvgIpc) is 2.02. The first-order valence-corrected chi connectivity index (χ1v) is 5.73. The third-order valence-electron chi connectivity index (χ3n) is 1.43. The van der Waals surface area contributed by atoms with Crippen LogP contribution in [0.4, 0.5) is 0 Å². The highest BCUT2D eigenvalue weighted by atomic mass is 35.5. The van der Waals surface area contributed by atoms with Crippen LogP contribution in [0.1, 0.15) is 0 Å². The Balaban J connectivity index is 2.99. The van der Waals surface area contributed by atoms with Crippen LogP contribution in [0.5, 0.6) is 0 Å². The molecule has 0 aliphatic carbocycles. The van der Waals surface area contributed by atoms with E-state index < -0.39 is 10.0 Å². The molecule has 0 heterocycles. The van der Waals surface area contributed by atoms with Crippen molar-refractivity contribution in [3.05, 3.63) is 29.3 Å². The van der Waals surface area contributed by atoms with Crippen molar-refractivity contribution < 1.29 is 8.42 Å². The zero-order chi connectivity index (χ0) is 10.8. The Labute approximate surface area is 88.5 Å². The summed E-state index contributed by atoms with van der Waals surface area (Å²) in [5, 5.41) is 1.87. The van der Waals surface area contributed by atoms with Gasteiger partial charge in [0.25, 0.3) is 10.0 Å². The van der Waals surface area contributed by atoms with Gasteiger partial charge in [-0.05, 0) is 24.3 Å². The molecule has 4 nitrogen and oxygen atoms in total. The Hall–Kier alpha value is -0.620. The maximum Gasteiger partial charge on any atom is 0.253 e. The molecule has 0 spiro atoms. The molecule has 1 aromatic carbocycles. The smallest absolute Gasteiger partial charge is 0.237 e. The largest absolute Gasteiger partial charge is 0.253 e. The van der Waals surface area contributed by atoms with Gasteiger partial charge in [0.05, 0.1) is 4.90 Å². The Morgan fingerprint density at radius 2 is 1.71 bits per heavy atom. The van der Waals surface area contributed by atoms with E-state index in [-0.39, 0.29) is 4.90 Å². The van der Waals surface area contributed by atoms with Crippen molar-refractivity contribution in [2.45, 2.75) is 4.90 Å². The molecule has 0 aromatic heterocycles. The van der Waals surface area contributed by atoms with Crippen LogP contribution in [-0.4, -0.2) is 27.5 Å². The molecule has 1 aromatic rings. The minimum Gasteiger partial charge on any atom is -0.237 e. The molecule has 6 heteroatoms. The highest BCUT2D eigenvalue weighted by Crippen LogP contribution is 2.13. The van der Waals surface area contributed by atoms with Gasteiger partial charge in [-0.3, -0.25) is 0 Å². The molecule has 0 radical (unpaired) electrons. The summed E-state index contributed by atoms with van der Waals surface area (Å²) in [7, 11) is -0.250. The number of hydrogen-bond donors (Lipinski definition) is 1. The normalized spacial score (nSPS) is 12.0. The van der Waals surface area contributed by atoms with Gasteiger partial charge in [-0.1, -0.05) is 11.6 Å². The zero-order valence-electron chi connectivity index (χ0n) is 7.86. The number of hydrogen-bond acceptors (Lipinski definition) is 3. The van der Waals surface area contributed by atoms with Crippen molar-refractivity contribution in [3.63, 3.8) is 0 Å². The maximum atomic E-state index is 11.6. The molecular weight excluding hydrogens is 224 g/mol. The second kappa shape index (κ2) is 4.27. The number of halogens is 1. The number of nitrogens with one attached hydrogen (secondary N) is 1. The van der Waals surface area contributed by atoms with E-state index >= 15 is 0 Å². The molecule has 78 valence electrons. The lowest BCUT2D eigenvalue weighted by atomic mass is 10.4. The summed E-state index contributed by atoms with van der Waals surface area (Å²) in [6.45, 7) is 0. The number of rotatable bonds is 3. The van der Waals surface area contributed by atoms with Gasteiger partial charge in [0.2, 0.25) is 0 Å². The molecule has 1 rings (SSSR count). The lowest BCUT2D eigenvalue weighted by molar-refractivity contribution is 0.364. The minimum absolute atomic E-state index is 0.190. The lowest BCUT2D eigenvalue weighted by Gasteiger charge is -2.12. The van der Waals surface area contributed by atoms with Crippen molar-refractivity contribution in [3.8, 4) is 0 Å². The number of benzene rings is 1. The standard InChI is InChI=1S/C8H11ClN2O2S/c1-11(2)10-14(12,13)8-5-3-7(9)4-6-8/h3-6,10H,1-2H3. The van der Waals surface area contributed by atoms with Gasteiger partial charge in [-0.15, -0.1) is 4.83 Å².